The molecule has 1 heterocycles. The second-order valence-corrected chi connectivity index (χ2v) is 7.66. The maximum absolute atomic E-state index is 10.1. The van der Waals surface area contributed by atoms with Gasteiger partial charge in [-0.3, -0.25) is 4.68 Å². The van der Waals surface area contributed by atoms with Crippen LogP contribution in [0, 0.1) is 0 Å². The molecule has 164 valence electrons. The van der Waals surface area contributed by atoms with Gasteiger partial charge in [-0.05, 0) is 59.7 Å². The van der Waals surface area contributed by atoms with Gasteiger partial charge in [0.2, 0.25) is 0 Å². The molecule has 0 aliphatic rings. The number of nitrogens with zero attached hydrogens (tertiary/aromatic N) is 1. The first-order valence-corrected chi connectivity index (χ1v) is 10.1. The van der Waals surface area contributed by atoms with Crippen molar-refractivity contribution in [3.8, 4) is 28.7 Å². The third-order valence-corrected chi connectivity index (χ3v) is 5.50. The van der Waals surface area contributed by atoms with Gasteiger partial charge in [-0.25, -0.2) is 0 Å². The molecule has 0 saturated carbocycles. The van der Waals surface area contributed by atoms with Crippen molar-refractivity contribution in [1.29, 1.82) is 0 Å². The van der Waals surface area contributed by atoms with Gasteiger partial charge < -0.3 is 31.0 Å². The number of benzene rings is 3. The van der Waals surface area contributed by atoms with Crippen LogP contribution < -0.4 is 16.0 Å². The maximum Gasteiger partial charge on any atom is 0.157 e. The third-order valence-electron chi connectivity index (χ3n) is 5.50. The van der Waals surface area contributed by atoms with Crippen molar-refractivity contribution in [2.75, 3.05) is 12.5 Å². The van der Waals surface area contributed by atoms with E-state index in [1.807, 2.05) is 23.8 Å². The number of fused-ring (bicyclic) bond motifs is 1. The van der Waals surface area contributed by atoms with Crippen molar-refractivity contribution in [3.05, 3.63) is 76.3 Å². The molecule has 7 nitrogen and oxygen atoms in total. The quantitative estimate of drug-likeness (QED) is 0.276. The summed E-state index contributed by atoms with van der Waals surface area (Å²) in [5, 5.41) is 51.6. The highest BCUT2D eigenvalue weighted by atomic mass is 16.3. The molecular formula is C25H24N2O5. The number of aromatic nitrogens is 1. The highest BCUT2D eigenvalue weighted by molar-refractivity contribution is 5.85. The molecule has 6 N–H and O–H groups in total. The molecule has 1 atom stereocenters. The third kappa shape index (κ3) is 3.76. The molecule has 4 rings (SSSR count). The van der Waals surface area contributed by atoms with Gasteiger partial charge in [0.25, 0.3) is 0 Å². The van der Waals surface area contributed by atoms with Crippen LogP contribution in [0.3, 0.4) is 0 Å². The first-order chi connectivity index (χ1) is 15.3. The van der Waals surface area contributed by atoms with E-state index in [2.05, 4.69) is 5.43 Å². The average Bonchev–Trinajstić information content (AvgIpc) is 3.04. The first-order valence-electron chi connectivity index (χ1n) is 10.1. The van der Waals surface area contributed by atoms with E-state index >= 15 is 0 Å². The van der Waals surface area contributed by atoms with Gasteiger partial charge in [0.1, 0.15) is 5.75 Å². The molecule has 0 saturated heterocycles. The second kappa shape index (κ2) is 8.11. The molecular weight excluding hydrogens is 408 g/mol. The van der Waals surface area contributed by atoms with Gasteiger partial charge in [-0.2, -0.15) is 0 Å². The van der Waals surface area contributed by atoms with E-state index in [0.29, 0.717) is 5.56 Å². The Balaban J connectivity index is 2.03. The van der Waals surface area contributed by atoms with Crippen LogP contribution in [0.1, 0.15) is 24.0 Å². The number of phenolic OH excluding ortho intramolecular Hbond substituents is 5. The monoisotopic (exact) mass is 432 g/mol. The molecule has 32 heavy (non-hydrogen) atoms. The summed E-state index contributed by atoms with van der Waals surface area (Å²) in [6.07, 6.45) is 3.87. The van der Waals surface area contributed by atoms with Gasteiger partial charge in [-0.1, -0.05) is 25.1 Å². The van der Waals surface area contributed by atoms with E-state index in [9.17, 15) is 25.5 Å². The van der Waals surface area contributed by atoms with Crippen molar-refractivity contribution in [2.45, 2.75) is 12.8 Å². The van der Waals surface area contributed by atoms with E-state index < -0.39 is 0 Å². The summed E-state index contributed by atoms with van der Waals surface area (Å²) in [4.78, 5) is 0. The molecule has 7 heteroatoms. The summed E-state index contributed by atoms with van der Waals surface area (Å²) in [6, 6.07) is 14.4. The zero-order chi connectivity index (χ0) is 23.0. The first kappa shape index (κ1) is 21.0. The molecule has 0 bridgehead atoms. The summed E-state index contributed by atoms with van der Waals surface area (Å²) in [6.45, 7) is 1.97. The maximum atomic E-state index is 10.1. The summed E-state index contributed by atoms with van der Waals surface area (Å²) in [5.41, 5.74) is 5.49. The molecule has 0 aliphatic carbocycles. The predicted octanol–water partition coefficient (Wildman–Crippen LogP) is 2.76. The van der Waals surface area contributed by atoms with Crippen LogP contribution in [-0.2, 0) is 0 Å². The number of hydrogen-bond donors (Lipinski definition) is 6. The zero-order valence-corrected chi connectivity index (χ0v) is 17.6. The highest BCUT2D eigenvalue weighted by Crippen LogP contribution is 2.29. The molecule has 0 amide bonds. The Labute approximate surface area is 184 Å². The van der Waals surface area contributed by atoms with Crippen LogP contribution in [0.25, 0.3) is 23.1 Å². The number of hydrogen-bond acceptors (Lipinski definition) is 6. The molecule has 0 radical (unpaired) electrons. The summed E-state index contributed by atoms with van der Waals surface area (Å²) >= 11 is 0. The zero-order valence-electron chi connectivity index (χ0n) is 17.6. The molecule has 0 fully saturated rings. The molecule has 0 spiro atoms. The number of nitrogens with one attached hydrogen (secondary N) is 1. The van der Waals surface area contributed by atoms with Crippen LogP contribution in [0.15, 0.2) is 54.6 Å². The number of aromatic hydroxyl groups is 5. The van der Waals surface area contributed by atoms with E-state index in [-0.39, 0.29) is 34.7 Å². The van der Waals surface area contributed by atoms with Gasteiger partial charge in [-0.15, -0.1) is 0 Å². The lowest BCUT2D eigenvalue weighted by Gasteiger charge is -2.10. The van der Waals surface area contributed by atoms with Crippen LogP contribution >= 0.6 is 0 Å². The number of rotatable bonds is 4. The van der Waals surface area contributed by atoms with Crippen molar-refractivity contribution < 1.29 is 25.5 Å². The Morgan fingerprint density at radius 2 is 1.50 bits per heavy atom. The average molecular weight is 432 g/mol. The fourth-order valence-corrected chi connectivity index (χ4v) is 3.83. The largest absolute Gasteiger partial charge is 0.508 e. The lowest BCUT2D eigenvalue weighted by Crippen LogP contribution is -2.33. The van der Waals surface area contributed by atoms with Gasteiger partial charge >= 0.3 is 0 Å². The lowest BCUT2D eigenvalue weighted by molar-refractivity contribution is 0.403. The van der Waals surface area contributed by atoms with Crippen molar-refractivity contribution in [2.24, 2.45) is 0 Å². The fraction of sp³-hybridized carbons (Fsp3) is 0.120. The minimum atomic E-state index is -0.225. The van der Waals surface area contributed by atoms with Crippen molar-refractivity contribution in [3.63, 3.8) is 0 Å². The van der Waals surface area contributed by atoms with Gasteiger partial charge in [0, 0.05) is 23.6 Å². The smallest absolute Gasteiger partial charge is 0.157 e. The highest BCUT2D eigenvalue weighted by Gasteiger charge is 2.12. The molecule has 1 unspecified atom stereocenters. The van der Waals surface area contributed by atoms with Gasteiger partial charge in [0.05, 0.1) is 10.9 Å². The van der Waals surface area contributed by atoms with E-state index in [4.69, 9.17) is 0 Å². The van der Waals surface area contributed by atoms with E-state index in [1.165, 1.54) is 24.3 Å². The van der Waals surface area contributed by atoms with Crippen molar-refractivity contribution >= 4 is 23.1 Å². The lowest BCUT2D eigenvalue weighted by atomic mass is 9.99. The van der Waals surface area contributed by atoms with Gasteiger partial charge in [0.15, 0.2) is 23.0 Å². The minimum Gasteiger partial charge on any atom is -0.508 e. The Morgan fingerprint density at radius 3 is 2.16 bits per heavy atom. The van der Waals surface area contributed by atoms with Crippen LogP contribution in [0.2, 0.25) is 0 Å². The van der Waals surface area contributed by atoms with E-state index in [0.717, 1.165) is 27.0 Å². The van der Waals surface area contributed by atoms with Crippen LogP contribution in [-0.4, -0.2) is 37.3 Å². The molecule has 3 aromatic carbocycles. The predicted molar refractivity (Wildman–Crippen MR) is 124 cm³/mol. The van der Waals surface area contributed by atoms with E-state index in [1.54, 1.807) is 37.4 Å². The summed E-state index contributed by atoms with van der Waals surface area (Å²) < 4.78 is 1.89. The molecule has 1 aromatic heterocycles. The molecule has 0 aliphatic heterocycles. The summed E-state index contributed by atoms with van der Waals surface area (Å²) in [7, 11) is 1.79. The second-order valence-electron chi connectivity index (χ2n) is 7.66. The number of phenols is 5. The normalized spacial score (nSPS) is 13.6. The van der Waals surface area contributed by atoms with Crippen LogP contribution in [0.4, 0.5) is 0 Å². The Hall–Kier alpha value is -4.26. The Bertz CT molecular complexity index is 1440. The SMILES string of the molecule is CNn1c(=CC(C)c2ccc(O)c(O)c2)c(=Cc2ccc(O)c(O)c2)c2cc(O)ccc21. The van der Waals surface area contributed by atoms with Crippen molar-refractivity contribution in [1.82, 2.24) is 4.68 Å². The minimum absolute atomic E-state index is 0.122. The fourth-order valence-electron chi connectivity index (χ4n) is 3.83. The topological polar surface area (TPSA) is 118 Å². The van der Waals surface area contributed by atoms with Crippen LogP contribution in [0.5, 0.6) is 28.7 Å². The standard InChI is InChI=1S/C25H24N2O5/c1-14(16-4-8-23(30)25(32)12-16)9-21-18(10-15-3-7-22(29)24(31)11-15)19-13-17(28)5-6-20(19)27(21)26-2/h3-14,26,28-32H,1-2H3. The Morgan fingerprint density at radius 1 is 0.812 bits per heavy atom. The summed E-state index contributed by atoms with van der Waals surface area (Å²) in [5.74, 6) is -0.804. The Kier molecular flexibility index (Phi) is 5.32. The molecule has 4 aromatic rings.